The summed E-state index contributed by atoms with van der Waals surface area (Å²) in [5, 5.41) is 11.6. The second kappa shape index (κ2) is 9.56. The Bertz CT molecular complexity index is 1310. The van der Waals surface area contributed by atoms with E-state index < -0.39 is 0 Å². The molecule has 0 saturated carbocycles. The van der Waals surface area contributed by atoms with Gasteiger partial charge in [-0.05, 0) is 55.0 Å². The molecular formula is C26H25N3O4. The highest BCUT2D eigenvalue weighted by Crippen LogP contribution is 2.29. The van der Waals surface area contributed by atoms with Crippen LogP contribution in [0.3, 0.4) is 0 Å². The second-order valence-corrected chi connectivity index (χ2v) is 7.72. The molecule has 0 spiro atoms. The van der Waals surface area contributed by atoms with Gasteiger partial charge in [0, 0.05) is 17.8 Å². The molecule has 0 fully saturated rings. The molecule has 4 rings (SSSR count). The molecule has 168 valence electrons. The third-order valence-electron chi connectivity index (χ3n) is 5.37. The lowest BCUT2D eigenvalue weighted by Crippen LogP contribution is -2.15. The van der Waals surface area contributed by atoms with E-state index in [0.717, 1.165) is 22.0 Å². The number of benzene rings is 3. The van der Waals surface area contributed by atoms with Gasteiger partial charge in [0.1, 0.15) is 18.1 Å². The van der Waals surface area contributed by atoms with Crippen molar-refractivity contribution in [3.63, 3.8) is 0 Å². The Labute approximate surface area is 191 Å². The smallest absolute Gasteiger partial charge is 0.259 e. The van der Waals surface area contributed by atoms with Gasteiger partial charge >= 0.3 is 0 Å². The molecule has 0 radical (unpaired) electrons. The summed E-state index contributed by atoms with van der Waals surface area (Å²) in [6.45, 7) is 5.70. The van der Waals surface area contributed by atoms with Gasteiger partial charge in [0.25, 0.3) is 5.91 Å². The normalized spacial score (nSPS) is 10.8. The van der Waals surface area contributed by atoms with Crippen LogP contribution in [0.2, 0.25) is 0 Å². The lowest BCUT2D eigenvalue weighted by atomic mass is 10.0. The van der Waals surface area contributed by atoms with E-state index in [4.69, 9.17) is 9.26 Å². The molecule has 3 aromatic carbocycles. The Morgan fingerprint density at radius 1 is 0.939 bits per heavy atom. The number of hydrogen-bond acceptors (Lipinski definition) is 5. The SMILES string of the molecule is CCC(=O)Nc1cccc(NC(=O)c2cc3ccccc3cc2OCc2c(C)noc2C)c1. The van der Waals surface area contributed by atoms with E-state index in [2.05, 4.69) is 15.8 Å². The van der Waals surface area contributed by atoms with Gasteiger partial charge in [0.15, 0.2) is 0 Å². The Hall–Kier alpha value is -4.13. The Morgan fingerprint density at radius 2 is 1.64 bits per heavy atom. The number of anilines is 2. The van der Waals surface area contributed by atoms with Crippen LogP contribution in [0.5, 0.6) is 5.75 Å². The molecule has 2 N–H and O–H groups in total. The maximum Gasteiger partial charge on any atom is 0.259 e. The number of ether oxygens (including phenoxy) is 1. The van der Waals surface area contributed by atoms with Gasteiger partial charge in [0.05, 0.1) is 16.8 Å². The summed E-state index contributed by atoms with van der Waals surface area (Å²) in [6, 6.07) is 18.5. The van der Waals surface area contributed by atoms with Crippen LogP contribution in [0.25, 0.3) is 10.8 Å². The van der Waals surface area contributed by atoms with Crippen molar-refractivity contribution in [3.05, 3.63) is 83.2 Å². The fourth-order valence-corrected chi connectivity index (χ4v) is 3.50. The zero-order valence-electron chi connectivity index (χ0n) is 18.8. The van der Waals surface area contributed by atoms with E-state index in [1.165, 1.54) is 0 Å². The highest BCUT2D eigenvalue weighted by molar-refractivity contribution is 6.09. The number of carbonyl (C=O) groups is 2. The third-order valence-corrected chi connectivity index (χ3v) is 5.37. The molecule has 1 heterocycles. The molecule has 2 amide bonds. The maximum atomic E-state index is 13.3. The first-order chi connectivity index (χ1) is 15.9. The van der Waals surface area contributed by atoms with Crippen molar-refractivity contribution in [2.24, 2.45) is 0 Å². The summed E-state index contributed by atoms with van der Waals surface area (Å²) in [4.78, 5) is 25.0. The number of fused-ring (bicyclic) bond motifs is 1. The second-order valence-electron chi connectivity index (χ2n) is 7.72. The zero-order chi connectivity index (χ0) is 23.4. The lowest BCUT2D eigenvalue weighted by molar-refractivity contribution is -0.115. The predicted molar refractivity (Wildman–Crippen MR) is 128 cm³/mol. The summed E-state index contributed by atoms with van der Waals surface area (Å²) in [5.41, 5.74) is 3.20. The van der Waals surface area contributed by atoms with E-state index in [-0.39, 0.29) is 18.4 Å². The van der Waals surface area contributed by atoms with Crippen LogP contribution in [0, 0.1) is 13.8 Å². The van der Waals surface area contributed by atoms with Gasteiger partial charge < -0.3 is 19.9 Å². The number of aromatic nitrogens is 1. The van der Waals surface area contributed by atoms with Crippen LogP contribution in [0.4, 0.5) is 11.4 Å². The fraction of sp³-hybridized carbons (Fsp3) is 0.192. The molecule has 0 unspecified atom stereocenters. The standard InChI is InChI=1S/C26H25N3O4/c1-4-25(30)27-20-10-7-11-21(14-20)28-26(31)22-12-18-8-5-6-9-19(18)13-24(22)32-15-23-16(2)29-33-17(23)3/h5-14H,4,15H2,1-3H3,(H,27,30)(H,28,31). The molecule has 33 heavy (non-hydrogen) atoms. The van der Waals surface area contributed by atoms with Crippen LogP contribution in [-0.4, -0.2) is 17.0 Å². The van der Waals surface area contributed by atoms with Crippen molar-refractivity contribution in [2.75, 3.05) is 10.6 Å². The minimum Gasteiger partial charge on any atom is -0.488 e. The Kier molecular flexibility index (Phi) is 6.40. The predicted octanol–water partition coefficient (Wildman–Crippen LogP) is 5.62. The Balaban J connectivity index is 1.63. The van der Waals surface area contributed by atoms with Crippen LogP contribution >= 0.6 is 0 Å². The topological polar surface area (TPSA) is 93.5 Å². The van der Waals surface area contributed by atoms with E-state index >= 15 is 0 Å². The van der Waals surface area contributed by atoms with Crippen molar-refractivity contribution in [3.8, 4) is 5.75 Å². The molecule has 0 aliphatic carbocycles. The van der Waals surface area contributed by atoms with Crippen LogP contribution < -0.4 is 15.4 Å². The molecule has 0 aliphatic rings. The number of amides is 2. The maximum absolute atomic E-state index is 13.3. The molecule has 0 aliphatic heterocycles. The van der Waals surface area contributed by atoms with Crippen molar-refractivity contribution in [2.45, 2.75) is 33.8 Å². The summed E-state index contributed by atoms with van der Waals surface area (Å²) >= 11 is 0. The highest BCUT2D eigenvalue weighted by Gasteiger charge is 2.17. The lowest BCUT2D eigenvalue weighted by Gasteiger charge is -2.14. The first kappa shape index (κ1) is 22.1. The molecule has 4 aromatic rings. The van der Waals surface area contributed by atoms with Crippen molar-refractivity contribution in [1.82, 2.24) is 5.16 Å². The van der Waals surface area contributed by atoms with Gasteiger partial charge in [-0.2, -0.15) is 0 Å². The van der Waals surface area contributed by atoms with Crippen LogP contribution in [0.15, 0.2) is 65.2 Å². The number of aryl methyl sites for hydroxylation is 2. The molecule has 1 aromatic heterocycles. The average molecular weight is 444 g/mol. The first-order valence-corrected chi connectivity index (χ1v) is 10.7. The zero-order valence-corrected chi connectivity index (χ0v) is 18.8. The molecule has 0 atom stereocenters. The fourth-order valence-electron chi connectivity index (χ4n) is 3.50. The molecule has 7 nitrogen and oxygen atoms in total. The van der Waals surface area contributed by atoms with Crippen LogP contribution in [-0.2, 0) is 11.4 Å². The quantitative estimate of drug-likeness (QED) is 0.386. The molecule has 7 heteroatoms. The summed E-state index contributed by atoms with van der Waals surface area (Å²) in [5.74, 6) is 0.739. The molecule has 0 bridgehead atoms. The average Bonchev–Trinajstić information content (AvgIpc) is 3.14. The third kappa shape index (κ3) is 5.03. The monoisotopic (exact) mass is 443 g/mol. The molecular weight excluding hydrogens is 418 g/mol. The number of nitrogens with one attached hydrogen (secondary N) is 2. The van der Waals surface area contributed by atoms with Crippen molar-refractivity contribution < 1.29 is 18.8 Å². The number of rotatable bonds is 7. The van der Waals surface area contributed by atoms with E-state index in [1.807, 2.05) is 50.2 Å². The summed E-state index contributed by atoms with van der Waals surface area (Å²) < 4.78 is 11.3. The van der Waals surface area contributed by atoms with Gasteiger partial charge in [-0.3, -0.25) is 9.59 Å². The van der Waals surface area contributed by atoms with Crippen molar-refractivity contribution in [1.29, 1.82) is 0 Å². The van der Waals surface area contributed by atoms with Gasteiger partial charge in [-0.1, -0.05) is 42.4 Å². The number of carbonyl (C=O) groups excluding carboxylic acids is 2. The van der Waals surface area contributed by atoms with Gasteiger partial charge in [0.2, 0.25) is 5.91 Å². The van der Waals surface area contributed by atoms with E-state index in [1.54, 1.807) is 31.2 Å². The van der Waals surface area contributed by atoms with E-state index in [9.17, 15) is 9.59 Å². The Morgan fingerprint density at radius 3 is 2.30 bits per heavy atom. The summed E-state index contributed by atoms with van der Waals surface area (Å²) in [6.07, 6.45) is 0.375. The molecule has 0 saturated heterocycles. The number of nitrogens with zero attached hydrogens (tertiary/aromatic N) is 1. The first-order valence-electron chi connectivity index (χ1n) is 10.7. The summed E-state index contributed by atoms with van der Waals surface area (Å²) in [7, 11) is 0. The highest BCUT2D eigenvalue weighted by atomic mass is 16.5. The number of hydrogen-bond donors (Lipinski definition) is 2. The minimum atomic E-state index is -0.312. The van der Waals surface area contributed by atoms with Crippen LogP contribution in [0.1, 0.15) is 40.7 Å². The van der Waals surface area contributed by atoms with E-state index in [0.29, 0.717) is 34.9 Å². The van der Waals surface area contributed by atoms with Gasteiger partial charge in [-0.15, -0.1) is 0 Å². The largest absolute Gasteiger partial charge is 0.488 e. The van der Waals surface area contributed by atoms with Crippen molar-refractivity contribution >= 4 is 34.0 Å². The minimum absolute atomic E-state index is 0.0944. The van der Waals surface area contributed by atoms with Gasteiger partial charge in [-0.25, -0.2) is 0 Å².